The summed E-state index contributed by atoms with van der Waals surface area (Å²) < 4.78 is 0. The van der Waals surface area contributed by atoms with Gasteiger partial charge in [-0.05, 0) is 49.9 Å². The van der Waals surface area contributed by atoms with E-state index < -0.39 is 0 Å². The highest BCUT2D eigenvalue weighted by atomic mass is 32.2. The van der Waals surface area contributed by atoms with Gasteiger partial charge in [-0.25, -0.2) is 4.98 Å². The lowest BCUT2D eigenvalue weighted by molar-refractivity contribution is -0.120. The summed E-state index contributed by atoms with van der Waals surface area (Å²) in [6, 6.07) is 18.5. The van der Waals surface area contributed by atoms with E-state index in [2.05, 4.69) is 55.6 Å². The van der Waals surface area contributed by atoms with E-state index in [1.54, 1.807) is 0 Å². The van der Waals surface area contributed by atoms with Crippen molar-refractivity contribution in [2.75, 3.05) is 6.54 Å². The first-order valence-electron chi connectivity index (χ1n) is 8.90. The van der Waals surface area contributed by atoms with Gasteiger partial charge in [0.1, 0.15) is 0 Å². The van der Waals surface area contributed by atoms with Gasteiger partial charge in [-0.3, -0.25) is 4.79 Å². The molecule has 1 unspecified atom stereocenters. The number of carbonyl (C=O) groups excluding carboxylic acids is 1. The average Bonchev–Trinajstić information content (AvgIpc) is 2.63. The fourth-order valence-electron chi connectivity index (χ4n) is 2.94. The number of amides is 1. The summed E-state index contributed by atoms with van der Waals surface area (Å²) in [6.45, 7) is 6.75. The van der Waals surface area contributed by atoms with E-state index in [9.17, 15) is 4.79 Å². The number of para-hydroxylation sites is 1. The Morgan fingerprint density at radius 3 is 2.62 bits per heavy atom. The van der Waals surface area contributed by atoms with Crippen LogP contribution in [0.1, 0.15) is 23.6 Å². The van der Waals surface area contributed by atoms with Crippen molar-refractivity contribution in [1.29, 1.82) is 0 Å². The molecule has 0 aliphatic rings. The predicted molar refractivity (Wildman–Crippen MR) is 110 cm³/mol. The second-order valence-electron chi connectivity index (χ2n) is 6.54. The molecule has 0 spiro atoms. The highest BCUT2D eigenvalue weighted by molar-refractivity contribution is 8.00. The minimum Gasteiger partial charge on any atom is -0.355 e. The molecular formula is C22H24N2OS. The molecule has 0 saturated carbocycles. The zero-order valence-electron chi connectivity index (χ0n) is 15.5. The van der Waals surface area contributed by atoms with Crippen molar-refractivity contribution in [2.24, 2.45) is 0 Å². The maximum atomic E-state index is 12.4. The van der Waals surface area contributed by atoms with Gasteiger partial charge in [0.05, 0.1) is 15.8 Å². The standard InChI is InChI=1S/C22H24N2OS/c1-15-8-7-11-19-16(2)14-20(24-21(15)19)26-17(3)22(25)23-13-12-18-9-5-4-6-10-18/h4-11,14,17H,12-13H2,1-3H3,(H,23,25). The van der Waals surface area contributed by atoms with Crippen LogP contribution in [0.3, 0.4) is 0 Å². The van der Waals surface area contributed by atoms with Gasteiger partial charge in [0.2, 0.25) is 5.91 Å². The lowest BCUT2D eigenvalue weighted by atomic mass is 10.1. The van der Waals surface area contributed by atoms with E-state index in [0.29, 0.717) is 6.54 Å². The number of carbonyl (C=O) groups is 1. The highest BCUT2D eigenvalue weighted by Crippen LogP contribution is 2.28. The molecule has 0 aliphatic carbocycles. The number of fused-ring (bicyclic) bond motifs is 1. The molecule has 0 saturated heterocycles. The van der Waals surface area contributed by atoms with E-state index in [1.165, 1.54) is 28.3 Å². The zero-order valence-corrected chi connectivity index (χ0v) is 16.3. The number of aromatic nitrogens is 1. The lowest BCUT2D eigenvalue weighted by Gasteiger charge is -2.13. The number of hydrogen-bond donors (Lipinski definition) is 1. The Bertz CT molecular complexity index is 909. The second kappa shape index (κ2) is 8.37. The molecule has 1 heterocycles. The first kappa shape index (κ1) is 18.5. The number of nitrogens with zero attached hydrogens (tertiary/aromatic N) is 1. The van der Waals surface area contributed by atoms with E-state index in [-0.39, 0.29) is 11.2 Å². The number of nitrogens with one attached hydrogen (secondary N) is 1. The molecule has 3 nitrogen and oxygen atoms in total. The van der Waals surface area contributed by atoms with Crippen LogP contribution in [-0.2, 0) is 11.2 Å². The van der Waals surface area contributed by atoms with E-state index in [1.807, 2.05) is 25.1 Å². The molecule has 134 valence electrons. The maximum absolute atomic E-state index is 12.4. The summed E-state index contributed by atoms with van der Waals surface area (Å²) in [6.07, 6.45) is 0.844. The van der Waals surface area contributed by atoms with Crippen molar-refractivity contribution in [3.05, 3.63) is 71.3 Å². The third-order valence-corrected chi connectivity index (χ3v) is 5.47. The van der Waals surface area contributed by atoms with Gasteiger partial charge < -0.3 is 5.32 Å². The van der Waals surface area contributed by atoms with Crippen LogP contribution in [0.4, 0.5) is 0 Å². The van der Waals surface area contributed by atoms with Crippen molar-refractivity contribution in [1.82, 2.24) is 10.3 Å². The average molecular weight is 365 g/mol. The topological polar surface area (TPSA) is 42.0 Å². The molecular weight excluding hydrogens is 340 g/mol. The first-order valence-corrected chi connectivity index (χ1v) is 9.78. The van der Waals surface area contributed by atoms with Gasteiger partial charge >= 0.3 is 0 Å². The van der Waals surface area contributed by atoms with Crippen molar-refractivity contribution < 1.29 is 4.79 Å². The van der Waals surface area contributed by atoms with Crippen LogP contribution in [-0.4, -0.2) is 22.7 Å². The monoisotopic (exact) mass is 364 g/mol. The normalized spacial score (nSPS) is 12.1. The van der Waals surface area contributed by atoms with Crippen LogP contribution >= 0.6 is 11.8 Å². The van der Waals surface area contributed by atoms with Gasteiger partial charge in [-0.15, -0.1) is 0 Å². The van der Waals surface area contributed by atoms with Crippen molar-refractivity contribution in [3.8, 4) is 0 Å². The summed E-state index contributed by atoms with van der Waals surface area (Å²) in [5.74, 6) is 0.0512. The molecule has 4 heteroatoms. The zero-order chi connectivity index (χ0) is 18.5. The van der Waals surface area contributed by atoms with Crippen LogP contribution in [0.25, 0.3) is 10.9 Å². The van der Waals surface area contributed by atoms with Gasteiger partial charge in [0.25, 0.3) is 0 Å². The summed E-state index contributed by atoms with van der Waals surface area (Å²) >= 11 is 1.51. The minimum atomic E-state index is -0.181. The number of pyridine rings is 1. The molecule has 2 aromatic carbocycles. The predicted octanol–water partition coefficient (Wildman–Crippen LogP) is 4.69. The summed E-state index contributed by atoms with van der Waals surface area (Å²) in [5, 5.41) is 4.92. The van der Waals surface area contributed by atoms with E-state index in [4.69, 9.17) is 4.98 Å². The van der Waals surface area contributed by atoms with Crippen LogP contribution in [0, 0.1) is 13.8 Å². The second-order valence-corrected chi connectivity index (χ2v) is 7.90. The maximum Gasteiger partial charge on any atom is 0.233 e. The third kappa shape index (κ3) is 4.44. The van der Waals surface area contributed by atoms with Gasteiger partial charge in [-0.1, -0.05) is 60.3 Å². The van der Waals surface area contributed by atoms with Crippen LogP contribution in [0.2, 0.25) is 0 Å². The highest BCUT2D eigenvalue weighted by Gasteiger charge is 2.16. The molecule has 3 rings (SSSR count). The van der Waals surface area contributed by atoms with E-state index >= 15 is 0 Å². The Balaban J connectivity index is 1.62. The SMILES string of the molecule is Cc1cc(SC(C)C(=O)NCCc2ccccc2)nc2c(C)cccc12. The van der Waals surface area contributed by atoms with Crippen LogP contribution in [0.5, 0.6) is 0 Å². The quantitative estimate of drug-likeness (QED) is 0.645. The largest absolute Gasteiger partial charge is 0.355 e. The minimum absolute atomic E-state index is 0.0512. The molecule has 0 fully saturated rings. The molecule has 0 aliphatic heterocycles. The van der Waals surface area contributed by atoms with Gasteiger partial charge in [-0.2, -0.15) is 0 Å². The van der Waals surface area contributed by atoms with Gasteiger partial charge in [0.15, 0.2) is 0 Å². The number of aryl methyl sites for hydroxylation is 2. The summed E-state index contributed by atoms with van der Waals surface area (Å²) in [7, 11) is 0. The van der Waals surface area contributed by atoms with Crippen LogP contribution in [0.15, 0.2) is 59.6 Å². The molecule has 1 aromatic heterocycles. The fraction of sp³-hybridized carbons (Fsp3) is 0.273. The van der Waals surface area contributed by atoms with Crippen molar-refractivity contribution in [2.45, 2.75) is 37.5 Å². The summed E-state index contributed by atoms with van der Waals surface area (Å²) in [4.78, 5) is 17.2. The smallest absolute Gasteiger partial charge is 0.233 e. The molecule has 26 heavy (non-hydrogen) atoms. The molecule has 3 aromatic rings. The van der Waals surface area contributed by atoms with E-state index in [0.717, 1.165) is 22.5 Å². The third-order valence-electron chi connectivity index (χ3n) is 4.45. The molecule has 1 amide bonds. The molecule has 1 atom stereocenters. The number of thioether (sulfide) groups is 1. The summed E-state index contributed by atoms with van der Waals surface area (Å²) in [5.41, 5.74) is 4.60. The Hall–Kier alpha value is -2.33. The number of rotatable bonds is 6. The molecule has 0 radical (unpaired) electrons. The number of hydrogen-bond acceptors (Lipinski definition) is 3. The number of benzene rings is 2. The van der Waals surface area contributed by atoms with Crippen LogP contribution < -0.4 is 5.32 Å². The first-order chi connectivity index (χ1) is 12.5. The molecule has 0 bridgehead atoms. The Morgan fingerprint density at radius 2 is 1.85 bits per heavy atom. The Labute approximate surface area is 159 Å². The fourth-order valence-corrected chi connectivity index (χ4v) is 3.89. The Morgan fingerprint density at radius 1 is 1.08 bits per heavy atom. The van der Waals surface area contributed by atoms with Crippen molar-refractivity contribution in [3.63, 3.8) is 0 Å². The molecule has 1 N–H and O–H groups in total. The lowest BCUT2D eigenvalue weighted by Crippen LogP contribution is -2.32. The van der Waals surface area contributed by atoms with Crippen molar-refractivity contribution >= 4 is 28.6 Å². The Kier molecular flexibility index (Phi) is 5.94. The van der Waals surface area contributed by atoms with Gasteiger partial charge in [0, 0.05) is 11.9 Å².